The Morgan fingerprint density at radius 2 is 2.05 bits per heavy atom. The van der Waals surface area contributed by atoms with Gasteiger partial charge in [-0.3, -0.25) is 0 Å². The zero-order valence-electron chi connectivity index (χ0n) is 12.0. The molecule has 4 nitrogen and oxygen atoms in total. The average Bonchev–Trinajstić information content (AvgIpc) is 3.16. The average molecular weight is 267 g/mol. The van der Waals surface area contributed by atoms with E-state index in [0.717, 1.165) is 28.1 Å². The second-order valence-corrected chi connectivity index (χ2v) is 5.71. The predicted octanol–water partition coefficient (Wildman–Crippen LogP) is 3.72. The van der Waals surface area contributed by atoms with Crippen molar-refractivity contribution in [3.63, 3.8) is 0 Å². The first-order valence-corrected chi connectivity index (χ1v) is 7.05. The van der Waals surface area contributed by atoms with Crippen LogP contribution in [0.2, 0.25) is 0 Å². The molecule has 2 aromatic heterocycles. The summed E-state index contributed by atoms with van der Waals surface area (Å²) in [7, 11) is 2.11. The second-order valence-electron chi connectivity index (χ2n) is 5.71. The largest absolute Gasteiger partial charge is 0.361 e. The zero-order valence-corrected chi connectivity index (χ0v) is 12.0. The normalized spacial score (nSPS) is 15.2. The fourth-order valence-electron chi connectivity index (χ4n) is 2.97. The van der Waals surface area contributed by atoms with Gasteiger partial charge in [0.05, 0.1) is 16.7 Å². The first-order chi connectivity index (χ1) is 9.65. The minimum Gasteiger partial charge on any atom is -0.361 e. The van der Waals surface area contributed by atoms with Crippen molar-refractivity contribution in [3.05, 3.63) is 35.5 Å². The Morgan fingerprint density at radius 3 is 2.70 bits per heavy atom. The van der Waals surface area contributed by atoms with E-state index in [1.54, 1.807) is 0 Å². The molecule has 0 radical (unpaired) electrons. The van der Waals surface area contributed by atoms with Crippen molar-refractivity contribution in [2.24, 2.45) is 7.05 Å². The van der Waals surface area contributed by atoms with Gasteiger partial charge in [-0.05, 0) is 44.4 Å². The summed E-state index contributed by atoms with van der Waals surface area (Å²) in [6.45, 7) is 3.94. The van der Waals surface area contributed by atoms with E-state index in [9.17, 15) is 0 Å². The Kier molecular flexibility index (Phi) is 2.31. The maximum absolute atomic E-state index is 5.27. The minimum atomic E-state index is 0.662. The van der Waals surface area contributed by atoms with Crippen LogP contribution in [0.5, 0.6) is 0 Å². The third kappa shape index (κ3) is 1.60. The van der Waals surface area contributed by atoms with Gasteiger partial charge >= 0.3 is 0 Å². The van der Waals surface area contributed by atoms with Gasteiger partial charge in [0, 0.05) is 18.5 Å². The lowest BCUT2D eigenvalue weighted by molar-refractivity contribution is 0.393. The molecule has 0 aliphatic heterocycles. The van der Waals surface area contributed by atoms with Crippen molar-refractivity contribution >= 4 is 11.0 Å². The van der Waals surface area contributed by atoms with E-state index in [1.807, 2.05) is 13.8 Å². The second kappa shape index (κ2) is 3.95. The molecule has 3 aromatic rings. The van der Waals surface area contributed by atoms with Crippen LogP contribution in [0, 0.1) is 13.8 Å². The molecule has 0 N–H and O–H groups in total. The van der Waals surface area contributed by atoms with Crippen LogP contribution in [0.25, 0.3) is 22.2 Å². The molecule has 0 unspecified atom stereocenters. The molecule has 20 heavy (non-hydrogen) atoms. The highest BCUT2D eigenvalue weighted by molar-refractivity contribution is 5.83. The number of nitrogens with zero attached hydrogens (tertiary/aromatic N) is 3. The molecule has 4 rings (SSSR count). The number of rotatable bonds is 2. The van der Waals surface area contributed by atoms with Crippen molar-refractivity contribution in [1.29, 1.82) is 0 Å². The summed E-state index contributed by atoms with van der Waals surface area (Å²) >= 11 is 0. The molecule has 0 atom stereocenters. The quantitative estimate of drug-likeness (QED) is 0.710. The van der Waals surface area contributed by atoms with Crippen LogP contribution in [0.4, 0.5) is 0 Å². The lowest BCUT2D eigenvalue weighted by atomic mass is 10.0. The fraction of sp³-hybridized carbons (Fsp3) is 0.375. The molecule has 1 aliphatic carbocycles. The number of imidazole rings is 1. The molecule has 2 heterocycles. The third-order valence-electron chi connectivity index (χ3n) is 4.18. The number of aromatic nitrogens is 3. The van der Waals surface area contributed by atoms with Gasteiger partial charge in [-0.15, -0.1) is 0 Å². The lowest BCUT2D eigenvalue weighted by Crippen LogP contribution is -1.95. The number of benzene rings is 1. The Labute approximate surface area is 117 Å². The standard InChI is InChI=1S/C16H17N3O/c1-9-15(10(2)20-18-9)12-6-7-13-14(8-12)19(3)16(17-13)11-4-5-11/h6-8,11H,4-5H2,1-3H3. The number of hydrogen-bond acceptors (Lipinski definition) is 3. The third-order valence-corrected chi connectivity index (χ3v) is 4.18. The van der Waals surface area contributed by atoms with Gasteiger partial charge in [0.15, 0.2) is 0 Å². The molecule has 0 saturated heterocycles. The molecule has 0 spiro atoms. The summed E-state index contributed by atoms with van der Waals surface area (Å²) in [4.78, 5) is 4.77. The van der Waals surface area contributed by atoms with Crippen LogP contribution in [-0.4, -0.2) is 14.7 Å². The SMILES string of the molecule is Cc1noc(C)c1-c1ccc2nc(C3CC3)n(C)c2c1. The molecule has 0 bridgehead atoms. The summed E-state index contributed by atoms with van der Waals surface area (Å²) in [5.41, 5.74) is 5.45. The Hall–Kier alpha value is -2.10. The highest BCUT2D eigenvalue weighted by Gasteiger charge is 2.28. The highest BCUT2D eigenvalue weighted by atomic mass is 16.5. The van der Waals surface area contributed by atoms with Crippen molar-refractivity contribution in [2.45, 2.75) is 32.6 Å². The molecule has 4 heteroatoms. The summed E-state index contributed by atoms with van der Waals surface area (Å²) in [6.07, 6.45) is 2.54. The van der Waals surface area contributed by atoms with Gasteiger partial charge in [-0.2, -0.15) is 0 Å². The summed E-state index contributed by atoms with van der Waals surface area (Å²) in [5, 5.41) is 4.04. The van der Waals surface area contributed by atoms with Gasteiger partial charge < -0.3 is 9.09 Å². The van der Waals surface area contributed by atoms with Crippen LogP contribution in [0.15, 0.2) is 22.7 Å². The summed E-state index contributed by atoms with van der Waals surface area (Å²) in [5.74, 6) is 2.75. The minimum absolute atomic E-state index is 0.662. The Morgan fingerprint density at radius 1 is 1.25 bits per heavy atom. The molecule has 0 amide bonds. The predicted molar refractivity (Wildman–Crippen MR) is 77.7 cm³/mol. The van der Waals surface area contributed by atoms with Crippen LogP contribution in [0.3, 0.4) is 0 Å². The molecule has 102 valence electrons. The maximum Gasteiger partial charge on any atom is 0.141 e. The molecule has 1 aromatic carbocycles. The molecular weight excluding hydrogens is 250 g/mol. The van der Waals surface area contributed by atoms with E-state index < -0.39 is 0 Å². The van der Waals surface area contributed by atoms with E-state index in [0.29, 0.717) is 5.92 Å². The number of fused-ring (bicyclic) bond motifs is 1. The van der Waals surface area contributed by atoms with Gasteiger partial charge in [-0.1, -0.05) is 11.2 Å². The fourth-order valence-corrected chi connectivity index (χ4v) is 2.97. The molecular formula is C16H17N3O. The van der Waals surface area contributed by atoms with Gasteiger partial charge in [0.25, 0.3) is 0 Å². The van der Waals surface area contributed by atoms with Crippen molar-refractivity contribution in [1.82, 2.24) is 14.7 Å². The molecule has 1 aliphatic rings. The van der Waals surface area contributed by atoms with E-state index in [4.69, 9.17) is 9.51 Å². The maximum atomic E-state index is 5.27. The summed E-state index contributed by atoms with van der Waals surface area (Å²) in [6, 6.07) is 6.40. The van der Waals surface area contributed by atoms with E-state index in [1.165, 1.54) is 24.2 Å². The Balaban J connectivity index is 1.92. The lowest BCUT2D eigenvalue weighted by Gasteiger charge is -2.03. The monoisotopic (exact) mass is 267 g/mol. The number of hydrogen-bond donors (Lipinski definition) is 0. The molecule has 1 fully saturated rings. The first kappa shape index (κ1) is 11.7. The van der Waals surface area contributed by atoms with E-state index in [2.05, 4.69) is 35.0 Å². The topological polar surface area (TPSA) is 43.9 Å². The zero-order chi connectivity index (χ0) is 13.9. The first-order valence-electron chi connectivity index (χ1n) is 7.05. The smallest absolute Gasteiger partial charge is 0.141 e. The summed E-state index contributed by atoms with van der Waals surface area (Å²) < 4.78 is 7.50. The van der Waals surface area contributed by atoms with Crippen LogP contribution in [0.1, 0.15) is 36.0 Å². The van der Waals surface area contributed by atoms with E-state index >= 15 is 0 Å². The molecule has 1 saturated carbocycles. The van der Waals surface area contributed by atoms with Gasteiger partial charge in [-0.25, -0.2) is 4.98 Å². The Bertz CT molecular complexity index is 789. The van der Waals surface area contributed by atoms with E-state index in [-0.39, 0.29) is 0 Å². The van der Waals surface area contributed by atoms with Crippen molar-refractivity contribution < 1.29 is 4.52 Å². The van der Waals surface area contributed by atoms with Gasteiger partial charge in [0.1, 0.15) is 11.6 Å². The van der Waals surface area contributed by atoms with Crippen LogP contribution in [-0.2, 0) is 7.05 Å². The van der Waals surface area contributed by atoms with Gasteiger partial charge in [0.2, 0.25) is 0 Å². The van der Waals surface area contributed by atoms with Crippen molar-refractivity contribution in [2.75, 3.05) is 0 Å². The van der Waals surface area contributed by atoms with Crippen molar-refractivity contribution in [3.8, 4) is 11.1 Å². The number of aryl methyl sites for hydroxylation is 3. The van der Waals surface area contributed by atoms with Crippen LogP contribution < -0.4 is 0 Å². The highest BCUT2D eigenvalue weighted by Crippen LogP contribution is 2.40. The van der Waals surface area contributed by atoms with Crippen LogP contribution >= 0.6 is 0 Å².